The highest BCUT2D eigenvalue weighted by Gasteiger charge is 2.19. The lowest BCUT2D eigenvalue weighted by molar-refractivity contribution is 0.590. The molecule has 3 aromatic rings. The molecule has 3 aromatic carbocycles. The van der Waals surface area contributed by atoms with Crippen LogP contribution in [0.15, 0.2) is 60.7 Å². The SMILES string of the molecule is Cc1ccc(N(c2ccc(C(C)(C)C)cc2)c2cc(C)cc(Cl)c2Cl)cc1. The number of benzene rings is 3. The average Bonchev–Trinajstić information content (AvgIpc) is 2.60. The van der Waals surface area contributed by atoms with Crippen molar-refractivity contribution in [2.45, 2.75) is 40.0 Å². The summed E-state index contributed by atoms with van der Waals surface area (Å²) in [6.07, 6.45) is 0. The van der Waals surface area contributed by atoms with Crippen LogP contribution in [0.25, 0.3) is 0 Å². The number of rotatable bonds is 3. The Morgan fingerprint density at radius 1 is 0.704 bits per heavy atom. The molecule has 0 aliphatic rings. The lowest BCUT2D eigenvalue weighted by Crippen LogP contribution is -2.13. The van der Waals surface area contributed by atoms with E-state index in [2.05, 4.69) is 87.2 Å². The Balaban J connectivity index is 2.18. The lowest BCUT2D eigenvalue weighted by Gasteiger charge is -2.28. The van der Waals surface area contributed by atoms with Crippen LogP contribution < -0.4 is 4.90 Å². The molecule has 0 amide bonds. The largest absolute Gasteiger partial charge is 0.309 e. The topological polar surface area (TPSA) is 3.24 Å². The quantitative estimate of drug-likeness (QED) is 0.428. The van der Waals surface area contributed by atoms with Gasteiger partial charge in [0.25, 0.3) is 0 Å². The molecule has 3 rings (SSSR count). The van der Waals surface area contributed by atoms with Crippen molar-refractivity contribution < 1.29 is 0 Å². The van der Waals surface area contributed by atoms with Crippen molar-refractivity contribution in [3.05, 3.63) is 87.4 Å². The zero-order valence-electron chi connectivity index (χ0n) is 16.5. The smallest absolute Gasteiger partial charge is 0.0832 e. The molecule has 140 valence electrons. The van der Waals surface area contributed by atoms with Crippen molar-refractivity contribution in [2.24, 2.45) is 0 Å². The third-order valence-corrected chi connectivity index (χ3v) is 5.47. The number of aryl methyl sites for hydroxylation is 2. The van der Waals surface area contributed by atoms with Gasteiger partial charge in [-0.1, -0.05) is 73.8 Å². The van der Waals surface area contributed by atoms with Crippen molar-refractivity contribution in [1.82, 2.24) is 0 Å². The molecular weight excluding hydrogens is 373 g/mol. The number of hydrogen-bond acceptors (Lipinski definition) is 1. The first-order valence-corrected chi connectivity index (χ1v) is 9.85. The van der Waals surface area contributed by atoms with Crippen LogP contribution in [0.2, 0.25) is 10.0 Å². The van der Waals surface area contributed by atoms with Crippen LogP contribution >= 0.6 is 23.2 Å². The van der Waals surface area contributed by atoms with E-state index in [1.54, 1.807) is 0 Å². The molecule has 0 aromatic heterocycles. The predicted molar refractivity (Wildman–Crippen MR) is 119 cm³/mol. The zero-order chi connectivity index (χ0) is 19.8. The molecule has 27 heavy (non-hydrogen) atoms. The monoisotopic (exact) mass is 397 g/mol. The number of hydrogen-bond donors (Lipinski definition) is 0. The second-order valence-electron chi connectivity index (χ2n) is 8.05. The summed E-state index contributed by atoms with van der Waals surface area (Å²) in [7, 11) is 0. The van der Waals surface area contributed by atoms with Crippen molar-refractivity contribution in [2.75, 3.05) is 4.90 Å². The second-order valence-corrected chi connectivity index (χ2v) is 8.83. The number of nitrogens with zero attached hydrogens (tertiary/aromatic N) is 1. The van der Waals surface area contributed by atoms with Crippen LogP contribution in [0.1, 0.15) is 37.5 Å². The summed E-state index contributed by atoms with van der Waals surface area (Å²) in [5, 5.41) is 1.12. The van der Waals surface area contributed by atoms with Crippen molar-refractivity contribution >= 4 is 40.3 Å². The summed E-state index contributed by atoms with van der Waals surface area (Å²) in [6.45, 7) is 10.8. The minimum absolute atomic E-state index is 0.109. The van der Waals surface area contributed by atoms with Crippen molar-refractivity contribution in [3.63, 3.8) is 0 Å². The van der Waals surface area contributed by atoms with Gasteiger partial charge < -0.3 is 4.90 Å². The molecule has 0 spiro atoms. The minimum atomic E-state index is 0.109. The van der Waals surface area contributed by atoms with E-state index in [1.165, 1.54) is 11.1 Å². The van der Waals surface area contributed by atoms with E-state index >= 15 is 0 Å². The van der Waals surface area contributed by atoms with Gasteiger partial charge in [-0.2, -0.15) is 0 Å². The molecule has 0 atom stereocenters. The van der Waals surface area contributed by atoms with E-state index in [1.807, 2.05) is 13.0 Å². The van der Waals surface area contributed by atoms with Crippen LogP contribution in [0.5, 0.6) is 0 Å². The first-order valence-electron chi connectivity index (χ1n) is 9.10. The predicted octanol–water partition coefficient (Wildman–Crippen LogP) is 8.38. The molecule has 3 heteroatoms. The van der Waals surface area contributed by atoms with Gasteiger partial charge in [-0.15, -0.1) is 0 Å². The van der Waals surface area contributed by atoms with Gasteiger partial charge in [0.15, 0.2) is 0 Å². The van der Waals surface area contributed by atoms with Crippen LogP contribution in [0, 0.1) is 13.8 Å². The van der Waals surface area contributed by atoms with Gasteiger partial charge in [0.2, 0.25) is 0 Å². The van der Waals surface area contributed by atoms with Gasteiger partial charge in [-0.25, -0.2) is 0 Å². The third kappa shape index (κ3) is 4.31. The third-order valence-electron chi connectivity index (χ3n) is 4.68. The Morgan fingerprint density at radius 2 is 1.22 bits per heavy atom. The highest BCUT2D eigenvalue weighted by Crippen LogP contribution is 2.42. The first kappa shape index (κ1) is 19.8. The molecule has 0 aliphatic heterocycles. The average molecular weight is 398 g/mol. The Bertz CT molecular complexity index is 936. The molecule has 0 fully saturated rings. The molecule has 0 radical (unpaired) electrons. The summed E-state index contributed by atoms with van der Waals surface area (Å²) in [5.41, 5.74) is 6.68. The molecule has 0 saturated carbocycles. The fraction of sp³-hybridized carbons (Fsp3) is 0.250. The molecule has 0 heterocycles. The number of halogens is 2. The van der Waals surface area contributed by atoms with E-state index < -0.39 is 0 Å². The van der Waals surface area contributed by atoms with Gasteiger partial charge in [-0.05, 0) is 66.8 Å². The van der Waals surface area contributed by atoms with Gasteiger partial charge in [-0.3, -0.25) is 0 Å². The van der Waals surface area contributed by atoms with Crippen molar-refractivity contribution in [1.29, 1.82) is 0 Å². The van der Waals surface area contributed by atoms with Crippen LogP contribution in [-0.2, 0) is 5.41 Å². The van der Waals surface area contributed by atoms with Crippen LogP contribution in [-0.4, -0.2) is 0 Å². The molecule has 0 unspecified atom stereocenters. The molecule has 0 saturated heterocycles. The molecule has 0 bridgehead atoms. The van der Waals surface area contributed by atoms with Crippen molar-refractivity contribution in [3.8, 4) is 0 Å². The highest BCUT2D eigenvalue weighted by molar-refractivity contribution is 6.44. The summed E-state index contributed by atoms with van der Waals surface area (Å²) < 4.78 is 0. The summed E-state index contributed by atoms with van der Waals surface area (Å²) in [4.78, 5) is 2.16. The van der Waals surface area contributed by atoms with E-state index in [9.17, 15) is 0 Å². The number of anilines is 3. The molecular formula is C24H25Cl2N. The maximum Gasteiger partial charge on any atom is 0.0832 e. The van der Waals surface area contributed by atoms with E-state index in [0.717, 1.165) is 22.6 Å². The molecule has 1 nitrogen and oxygen atoms in total. The van der Waals surface area contributed by atoms with E-state index in [-0.39, 0.29) is 5.41 Å². The minimum Gasteiger partial charge on any atom is -0.309 e. The molecule has 0 aliphatic carbocycles. The summed E-state index contributed by atoms with van der Waals surface area (Å²) >= 11 is 13.0. The lowest BCUT2D eigenvalue weighted by atomic mass is 9.87. The fourth-order valence-electron chi connectivity index (χ4n) is 3.10. The fourth-order valence-corrected chi connectivity index (χ4v) is 3.56. The Hall–Kier alpha value is -1.96. The standard InChI is InChI=1S/C24H25Cl2N/c1-16-6-10-19(11-7-16)27(22-15-17(2)14-21(25)23(22)26)20-12-8-18(9-13-20)24(3,4)5/h6-15H,1-5H3. The maximum absolute atomic E-state index is 6.62. The maximum atomic E-state index is 6.62. The zero-order valence-corrected chi connectivity index (χ0v) is 18.0. The second kappa shape index (κ2) is 7.58. The molecule has 0 N–H and O–H groups in total. The Kier molecular flexibility index (Phi) is 5.55. The van der Waals surface area contributed by atoms with Gasteiger partial charge in [0, 0.05) is 11.4 Å². The Morgan fingerprint density at radius 3 is 1.74 bits per heavy atom. The van der Waals surface area contributed by atoms with Crippen LogP contribution in [0.3, 0.4) is 0 Å². The van der Waals surface area contributed by atoms with Gasteiger partial charge in [0.1, 0.15) is 0 Å². The van der Waals surface area contributed by atoms with Crippen LogP contribution in [0.4, 0.5) is 17.1 Å². The van der Waals surface area contributed by atoms with Gasteiger partial charge in [0.05, 0.1) is 15.7 Å². The van der Waals surface area contributed by atoms with E-state index in [0.29, 0.717) is 10.0 Å². The normalized spacial score (nSPS) is 11.5. The summed E-state index contributed by atoms with van der Waals surface area (Å²) in [6, 6.07) is 21.1. The summed E-state index contributed by atoms with van der Waals surface area (Å²) in [5.74, 6) is 0. The Labute approximate surface area is 172 Å². The van der Waals surface area contributed by atoms with E-state index in [4.69, 9.17) is 23.2 Å². The first-order chi connectivity index (χ1) is 12.7. The highest BCUT2D eigenvalue weighted by atomic mass is 35.5. The van der Waals surface area contributed by atoms with Gasteiger partial charge >= 0.3 is 0 Å².